The van der Waals surface area contributed by atoms with Crippen LogP contribution >= 0.6 is 0 Å². The molecule has 1 heterocycles. The maximum absolute atomic E-state index is 5.94. The zero-order chi connectivity index (χ0) is 10.0. The van der Waals surface area contributed by atoms with Crippen molar-refractivity contribution < 1.29 is 0 Å². The first-order valence-corrected chi connectivity index (χ1v) is 5.05. The summed E-state index contributed by atoms with van der Waals surface area (Å²) in [5, 5.41) is 0. The summed E-state index contributed by atoms with van der Waals surface area (Å²) in [5.41, 5.74) is 12.6. The van der Waals surface area contributed by atoms with E-state index in [0.717, 1.165) is 25.9 Å². The van der Waals surface area contributed by atoms with Gasteiger partial charge in [0.25, 0.3) is 0 Å². The Labute approximate surface area is 84.7 Å². The highest BCUT2D eigenvalue weighted by Gasteiger charge is 2.27. The number of rotatable bonds is 1. The number of piperidine rings is 1. The summed E-state index contributed by atoms with van der Waals surface area (Å²) in [6.07, 6.45) is 1.98. The van der Waals surface area contributed by atoms with Crippen LogP contribution in [0.2, 0.25) is 0 Å². The fraction of sp³-hybridized carbons (Fsp3) is 0.455. The standard InChI is InChI=1S/C11H17N3/c12-11(13)7-4-8-14(9-11)10-5-2-1-3-6-10/h1-3,5-6H,4,7-9,12-13H2. The van der Waals surface area contributed by atoms with E-state index in [1.807, 2.05) is 18.2 Å². The van der Waals surface area contributed by atoms with Crippen LogP contribution in [0.15, 0.2) is 30.3 Å². The lowest BCUT2D eigenvalue weighted by Crippen LogP contribution is -2.60. The van der Waals surface area contributed by atoms with Gasteiger partial charge in [0.2, 0.25) is 0 Å². The summed E-state index contributed by atoms with van der Waals surface area (Å²) in [6.45, 7) is 1.80. The lowest BCUT2D eigenvalue weighted by atomic mass is 10.00. The molecule has 0 radical (unpaired) electrons. The Morgan fingerprint density at radius 2 is 1.86 bits per heavy atom. The van der Waals surface area contributed by atoms with Crippen LogP contribution in [0.4, 0.5) is 5.69 Å². The third-order valence-corrected chi connectivity index (χ3v) is 2.68. The molecule has 0 atom stereocenters. The van der Waals surface area contributed by atoms with Crippen LogP contribution in [0, 0.1) is 0 Å². The second kappa shape index (κ2) is 3.59. The van der Waals surface area contributed by atoms with Crippen molar-refractivity contribution in [1.82, 2.24) is 0 Å². The normalized spacial score (nSPS) is 20.9. The molecule has 1 aromatic carbocycles. The maximum Gasteiger partial charge on any atom is 0.0817 e. The summed E-state index contributed by atoms with van der Waals surface area (Å²) in [6, 6.07) is 10.3. The molecule has 2 rings (SSSR count). The van der Waals surface area contributed by atoms with Gasteiger partial charge in [0.1, 0.15) is 0 Å². The van der Waals surface area contributed by atoms with Gasteiger partial charge in [-0.05, 0) is 25.0 Å². The van der Waals surface area contributed by atoms with Crippen molar-refractivity contribution in [2.24, 2.45) is 11.5 Å². The summed E-state index contributed by atoms with van der Waals surface area (Å²) >= 11 is 0. The van der Waals surface area contributed by atoms with Crippen LogP contribution < -0.4 is 16.4 Å². The van der Waals surface area contributed by atoms with Gasteiger partial charge in [0, 0.05) is 18.8 Å². The number of hydrogen-bond donors (Lipinski definition) is 2. The Bertz CT molecular complexity index is 295. The number of nitrogens with zero attached hydrogens (tertiary/aromatic N) is 1. The first-order valence-electron chi connectivity index (χ1n) is 5.05. The molecule has 1 aromatic rings. The minimum Gasteiger partial charge on any atom is -0.368 e. The van der Waals surface area contributed by atoms with Crippen molar-refractivity contribution in [3.63, 3.8) is 0 Å². The fourth-order valence-electron chi connectivity index (χ4n) is 1.97. The van der Waals surface area contributed by atoms with Gasteiger partial charge >= 0.3 is 0 Å². The molecular formula is C11H17N3. The second-order valence-electron chi connectivity index (χ2n) is 4.09. The molecule has 1 saturated heterocycles. The van der Waals surface area contributed by atoms with Gasteiger partial charge in [-0.1, -0.05) is 18.2 Å². The van der Waals surface area contributed by atoms with E-state index in [2.05, 4.69) is 17.0 Å². The van der Waals surface area contributed by atoms with E-state index in [1.165, 1.54) is 5.69 Å². The quantitative estimate of drug-likeness (QED) is 0.648. The predicted octanol–water partition coefficient (Wildman–Crippen LogP) is 0.900. The molecule has 76 valence electrons. The Morgan fingerprint density at radius 3 is 2.50 bits per heavy atom. The number of anilines is 1. The number of para-hydroxylation sites is 1. The van der Waals surface area contributed by atoms with Crippen molar-refractivity contribution >= 4 is 5.69 Å². The second-order valence-corrected chi connectivity index (χ2v) is 4.09. The smallest absolute Gasteiger partial charge is 0.0817 e. The number of nitrogens with two attached hydrogens (primary N) is 2. The lowest BCUT2D eigenvalue weighted by molar-refractivity contribution is 0.356. The van der Waals surface area contributed by atoms with Gasteiger partial charge in [-0.3, -0.25) is 0 Å². The monoisotopic (exact) mass is 191 g/mol. The summed E-state index contributed by atoms with van der Waals surface area (Å²) < 4.78 is 0. The van der Waals surface area contributed by atoms with Crippen LogP contribution in [0.5, 0.6) is 0 Å². The minimum atomic E-state index is -0.520. The average molecular weight is 191 g/mol. The third-order valence-electron chi connectivity index (χ3n) is 2.68. The Kier molecular flexibility index (Phi) is 2.44. The van der Waals surface area contributed by atoms with Gasteiger partial charge < -0.3 is 16.4 Å². The highest BCUT2D eigenvalue weighted by molar-refractivity contribution is 5.46. The molecule has 14 heavy (non-hydrogen) atoms. The van der Waals surface area contributed by atoms with Crippen molar-refractivity contribution in [3.8, 4) is 0 Å². The molecule has 1 fully saturated rings. The van der Waals surface area contributed by atoms with Gasteiger partial charge in [-0.2, -0.15) is 0 Å². The van der Waals surface area contributed by atoms with Crippen LogP contribution in [0.25, 0.3) is 0 Å². The van der Waals surface area contributed by atoms with E-state index in [-0.39, 0.29) is 0 Å². The Balaban J connectivity index is 2.12. The van der Waals surface area contributed by atoms with Gasteiger partial charge in [0.05, 0.1) is 5.66 Å². The van der Waals surface area contributed by atoms with E-state index < -0.39 is 5.66 Å². The summed E-state index contributed by atoms with van der Waals surface area (Å²) in [4.78, 5) is 2.25. The van der Waals surface area contributed by atoms with Crippen molar-refractivity contribution in [2.75, 3.05) is 18.0 Å². The molecule has 0 aromatic heterocycles. The average Bonchev–Trinajstić information content (AvgIpc) is 2.18. The molecule has 4 N–H and O–H groups in total. The van der Waals surface area contributed by atoms with E-state index in [4.69, 9.17) is 11.5 Å². The predicted molar refractivity (Wildman–Crippen MR) is 59.0 cm³/mol. The molecule has 0 unspecified atom stereocenters. The van der Waals surface area contributed by atoms with Crippen LogP contribution in [-0.4, -0.2) is 18.8 Å². The molecule has 0 bridgehead atoms. The van der Waals surface area contributed by atoms with Crippen LogP contribution in [0.3, 0.4) is 0 Å². The zero-order valence-electron chi connectivity index (χ0n) is 8.32. The van der Waals surface area contributed by atoms with E-state index in [1.54, 1.807) is 0 Å². The van der Waals surface area contributed by atoms with Crippen molar-refractivity contribution in [2.45, 2.75) is 18.5 Å². The molecule has 3 heteroatoms. The van der Waals surface area contributed by atoms with E-state index in [9.17, 15) is 0 Å². The largest absolute Gasteiger partial charge is 0.368 e. The van der Waals surface area contributed by atoms with Crippen molar-refractivity contribution in [1.29, 1.82) is 0 Å². The maximum atomic E-state index is 5.94. The SMILES string of the molecule is NC1(N)CCCN(c2ccccc2)C1. The van der Waals surface area contributed by atoms with Gasteiger partial charge in [0.15, 0.2) is 0 Å². The van der Waals surface area contributed by atoms with Gasteiger partial charge in [-0.15, -0.1) is 0 Å². The fourth-order valence-corrected chi connectivity index (χ4v) is 1.97. The molecule has 0 aliphatic carbocycles. The van der Waals surface area contributed by atoms with Crippen LogP contribution in [-0.2, 0) is 0 Å². The summed E-state index contributed by atoms with van der Waals surface area (Å²) in [5.74, 6) is 0. The first-order chi connectivity index (χ1) is 6.67. The number of hydrogen-bond acceptors (Lipinski definition) is 3. The highest BCUT2D eigenvalue weighted by atomic mass is 15.2. The topological polar surface area (TPSA) is 55.3 Å². The minimum absolute atomic E-state index is 0.520. The first kappa shape index (κ1) is 9.49. The zero-order valence-corrected chi connectivity index (χ0v) is 8.32. The Hall–Kier alpha value is -1.06. The van der Waals surface area contributed by atoms with Crippen LogP contribution in [0.1, 0.15) is 12.8 Å². The Morgan fingerprint density at radius 1 is 1.14 bits per heavy atom. The molecule has 0 amide bonds. The molecule has 0 saturated carbocycles. The number of benzene rings is 1. The lowest BCUT2D eigenvalue weighted by Gasteiger charge is -2.38. The van der Waals surface area contributed by atoms with E-state index >= 15 is 0 Å². The molecule has 0 spiro atoms. The molecule has 3 nitrogen and oxygen atoms in total. The van der Waals surface area contributed by atoms with E-state index in [0.29, 0.717) is 0 Å². The summed E-state index contributed by atoms with van der Waals surface area (Å²) in [7, 11) is 0. The van der Waals surface area contributed by atoms with Gasteiger partial charge in [-0.25, -0.2) is 0 Å². The molecule has 1 aliphatic rings. The van der Waals surface area contributed by atoms with Crippen molar-refractivity contribution in [3.05, 3.63) is 30.3 Å². The molecular weight excluding hydrogens is 174 g/mol. The third kappa shape index (κ3) is 2.05. The molecule has 1 aliphatic heterocycles. The highest BCUT2D eigenvalue weighted by Crippen LogP contribution is 2.21.